The van der Waals surface area contributed by atoms with E-state index in [9.17, 15) is 0 Å². The first-order valence-electron chi connectivity index (χ1n) is 10.7. The van der Waals surface area contributed by atoms with Gasteiger partial charge in [0.05, 0.1) is 5.39 Å². The van der Waals surface area contributed by atoms with E-state index in [0.29, 0.717) is 0 Å². The first-order chi connectivity index (χ1) is 14.2. The topological polar surface area (TPSA) is 35.5 Å². The molecule has 0 atom stereocenters. The summed E-state index contributed by atoms with van der Waals surface area (Å²) in [6.07, 6.45) is 4.18. The number of benzene rings is 1. The van der Waals surface area contributed by atoms with Crippen LogP contribution in [0.3, 0.4) is 0 Å². The fourth-order valence-corrected chi connectivity index (χ4v) is 5.59. The second-order valence-corrected chi connectivity index (χ2v) is 9.31. The Hall–Kier alpha value is -2.02. The van der Waals surface area contributed by atoms with Crippen LogP contribution in [0.15, 0.2) is 36.0 Å². The van der Waals surface area contributed by atoms with Gasteiger partial charge in [-0.05, 0) is 32.4 Å². The summed E-state index contributed by atoms with van der Waals surface area (Å²) in [4.78, 5) is 18.0. The maximum atomic E-state index is 4.76. The van der Waals surface area contributed by atoms with E-state index in [4.69, 9.17) is 4.98 Å². The minimum absolute atomic E-state index is 0.719. The Labute approximate surface area is 177 Å². The molecule has 152 valence electrons. The highest BCUT2D eigenvalue weighted by molar-refractivity contribution is 7.17. The van der Waals surface area contributed by atoms with Crippen molar-refractivity contribution in [1.29, 1.82) is 0 Å². The van der Waals surface area contributed by atoms with E-state index in [-0.39, 0.29) is 0 Å². The Morgan fingerprint density at radius 1 is 0.931 bits per heavy atom. The quantitative estimate of drug-likeness (QED) is 0.658. The fraction of sp³-hybridized carbons (Fsp3) is 0.478. The zero-order valence-corrected chi connectivity index (χ0v) is 18.2. The SMILES string of the molecule is Cc1ccc(-c2csc3ncnc(N4CCC(N5CCN(C)CC5)CC4)c23)cc1. The van der Waals surface area contributed by atoms with E-state index in [1.54, 1.807) is 17.7 Å². The molecule has 0 bridgehead atoms. The Kier molecular flexibility index (Phi) is 5.24. The first-order valence-corrected chi connectivity index (χ1v) is 11.5. The number of fused-ring (bicyclic) bond motifs is 1. The third-order valence-corrected chi connectivity index (χ3v) is 7.42. The molecule has 6 heteroatoms. The van der Waals surface area contributed by atoms with Crippen LogP contribution in [0.1, 0.15) is 18.4 Å². The standard InChI is InChI=1S/C23H29N5S/c1-17-3-5-18(6-4-17)20-15-29-23-21(20)22(24-16-25-23)28-9-7-19(8-10-28)27-13-11-26(2)12-14-27/h3-6,15-16,19H,7-14H2,1-2H3. The minimum Gasteiger partial charge on any atom is -0.356 e. The number of rotatable bonds is 3. The van der Waals surface area contributed by atoms with Crippen molar-refractivity contribution in [2.24, 2.45) is 0 Å². The summed E-state index contributed by atoms with van der Waals surface area (Å²) in [6.45, 7) is 9.10. The molecule has 4 heterocycles. The van der Waals surface area contributed by atoms with E-state index in [2.05, 4.69) is 63.3 Å². The first kappa shape index (κ1) is 19.0. The number of thiophene rings is 1. The summed E-state index contributed by atoms with van der Waals surface area (Å²) in [6, 6.07) is 9.52. The van der Waals surface area contributed by atoms with Gasteiger partial charge in [-0.1, -0.05) is 29.8 Å². The van der Waals surface area contributed by atoms with Gasteiger partial charge in [0.2, 0.25) is 0 Å². The molecule has 0 N–H and O–H groups in total. The Morgan fingerprint density at radius 2 is 1.66 bits per heavy atom. The van der Waals surface area contributed by atoms with Crippen LogP contribution in [0.25, 0.3) is 21.3 Å². The predicted molar refractivity (Wildman–Crippen MR) is 122 cm³/mol. The highest BCUT2D eigenvalue weighted by Gasteiger charge is 2.28. The van der Waals surface area contributed by atoms with Crippen molar-refractivity contribution < 1.29 is 0 Å². The molecular formula is C23H29N5S. The smallest absolute Gasteiger partial charge is 0.141 e. The number of hydrogen-bond acceptors (Lipinski definition) is 6. The molecule has 0 radical (unpaired) electrons. The minimum atomic E-state index is 0.719. The van der Waals surface area contributed by atoms with Gasteiger partial charge in [0.1, 0.15) is 17.0 Å². The molecule has 1 aromatic carbocycles. The second kappa shape index (κ2) is 8.01. The van der Waals surface area contributed by atoms with Gasteiger partial charge in [-0.25, -0.2) is 9.97 Å². The van der Waals surface area contributed by atoms with Crippen LogP contribution in [-0.4, -0.2) is 72.1 Å². The van der Waals surface area contributed by atoms with Crippen molar-refractivity contribution in [2.75, 3.05) is 51.2 Å². The lowest BCUT2D eigenvalue weighted by Crippen LogP contribution is -2.52. The second-order valence-electron chi connectivity index (χ2n) is 8.45. The molecule has 0 aliphatic carbocycles. The molecule has 5 rings (SSSR count). The maximum absolute atomic E-state index is 4.76. The largest absolute Gasteiger partial charge is 0.356 e. The van der Waals surface area contributed by atoms with Gasteiger partial charge < -0.3 is 9.80 Å². The van der Waals surface area contributed by atoms with Gasteiger partial charge in [-0.2, -0.15) is 0 Å². The molecule has 2 aliphatic rings. The molecule has 2 fully saturated rings. The molecule has 0 amide bonds. The summed E-state index contributed by atoms with van der Waals surface area (Å²) in [5.74, 6) is 1.11. The molecule has 2 aliphatic heterocycles. The molecule has 0 spiro atoms. The maximum Gasteiger partial charge on any atom is 0.141 e. The highest BCUT2D eigenvalue weighted by atomic mass is 32.1. The van der Waals surface area contributed by atoms with Gasteiger partial charge in [-0.15, -0.1) is 11.3 Å². The molecule has 0 saturated carbocycles. The number of aromatic nitrogens is 2. The molecule has 29 heavy (non-hydrogen) atoms. The number of piperidine rings is 1. The van der Waals surface area contributed by atoms with Crippen molar-refractivity contribution in [1.82, 2.24) is 19.8 Å². The van der Waals surface area contributed by atoms with E-state index in [0.717, 1.165) is 29.8 Å². The molecule has 0 unspecified atom stereocenters. The molecule has 2 aromatic heterocycles. The number of piperazine rings is 1. The van der Waals surface area contributed by atoms with E-state index in [1.165, 1.54) is 61.1 Å². The van der Waals surface area contributed by atoms with Gasteiger partial charge in [-0.3, -0.25) is 4.90 Å². The van der Waals surface area contributed by atoms with E-state index in [1.807, 2.05) is 0 Å². The zero-order valence-electron chi connectivity index (χ0n) is 17.3. The summed E-state index contributed by atoms with van der Waals surface area (Å²) in [5, 5.41) is 3.46. The lowest BCUT2D eigenvalue weighted by Gasteiger charge is -2.42. The average Bonchev–Trinajstić information content (AvgIpc) is 3.19. The molecule has 5 nitrogen and oxygen atoms in total. The summed E-state index contributed by atoms with van der Waals surface area (Å²) >= 11 is 1.72. The Morgan fingerprint density at radius 3 is 2.38 bits per heavy atom. The summed E-state index contributed by atoms with van der Waals surface area (Å²) in [7, 11) is 2.23. The van der Waals surface area contributed by atoms with Crippen LogP contribution in [0.2, 0.25) is 0 Å². The monoisotopic (exact) mass is 407 g/mol. The zero-order chi connectivity index (χ0) is 19.8. The lowest BCUT2D eigenvalue weighted by molar-refractivity contribution is 0.0981. The fourth-order valence-electron chi connectivity index (χ4n) is 4.67. The van der Waals surface area contributed by atoms with Gasteiger partial charge in [0.25, 0.3) is 0 Å². The van der Waals surface area contributed by atoms with E-state index < -0.39 is 0 Å². The van der Waals surface area contributed by atoms with Gasteiger partial charge >= 0.3 is 0 Å². The van der Waals surface area contributed by atoms with Crippen LogP contribution in [0.4, 0.5) is 5.82 Å². The third kappa shape index (κ3) is 3.77. The van der Waals surface area contributed by atoms with Crippen LogP contribution < -0.4 is 4.90 Å². The number of nitrogens with zero attached hydrogens (tertiary/aromatic N) is 5. The number of anilines is 1. The van der Waals surface area contributed by atoms with Crippen molar-refractivity contribution >= 4 is 27.4 Å². The van der Waals surface area contributed by atoms with Crippen LogP contribution in [-0.2, 0) is 0 Å². The average molecular weight is 408 g/mol. The predicted octanol–water partition coefficient (Wildman–Crippen LogP) is 3.88. The number of hydrogen-bond donors (Lipinski definition) is 0. The highest BCUT2D eigenvalue weighted by Crippen LogP contribution is 2.38. The molecule has 2 saturated heterocycles. The van der Waals surface area contributed by atoms with Crippen molar-refractivity contribution in [3.05, 3.63) is 41.5 Å². The van der Waals surface area contributed by atoms with Crippen molar-refractivity contribution in [3.63, 3.8) is 0 Å². The Bertz CT molecular complexity index is 967. The van der Waals surface area contributed by atoms with Crippen LogP contribution in [0.5, 0.6) is 0 Å². The molecule has 3 aromatic rings. The van der Waals surface area contributed by atoms with Crippen molar-refractivity contribution in [3.8, 4) is 11.1 Å². The summed E-state index contributed by atoms with van der Waals surface area (Å²) in [5.41, 5.74) is 3.81. The normalized spacial score (nSPS) is 19.9. The van der Waals surface area contributed by atoms with Crippen molar-refractivity contribution in [2.45, 2.75) is 25.8 Å². The summed E-state index contributed by atoms with van der Waals surface area (Å²) < 4.78 is 0. The number of aryl methyl sites for hydroxylation is 1. The Balaban J connectivity index is 1.38. The van der Waals surface area contributed by atoms with Gasteiger partial charge in [0.15, 0.2) is 0 Å². The van der Waals surface area contributed by atoms with Crippen LogP contribution >= 0.6 is 11.3 Å². The van der Waals surface area contributed by atoms with Crippen LogP contribution in [0, 0.1) is 6.92 Å². The molecular weight excluding hydrogens is 378 g/mol. The number of likely N-dealkylation sites (N-methyl/N-ethyl adjacent to an activating group) is 1. The third-order valence-electron chi connectivity index (χ3n) is 6.53. The lowest BCUT2D eigenvalue weighted by atomic mass is 10.0. The van der Waals surface area contributed by atoms with Gasteiger partial charge in [0, 0.05) is 56.3 Å². The van der Waals surface area contributed by atoms with E-state index >= 15 is 0 Å².